The first-order valence-corrected chi connectivity index (χ1v) is 11.5. The number of piperidine rings is 1. The van der Waals surface area contributed by atoms with E-state index in [4.69, 9.17) is 14.8 Å². The van der Waals surface area contributed by atoms with Gasteiger partial charge in [0, 0.05) is 37.2 Å². The number of carbonyl (C=O) groups is 1. The second-order valence-corrected chi connectivity index (χ2v) is 8.53. The second-order valence-electron chi connectivity index (χ2n) is 8.53. The molecule has 0 bridgehead atoms. The topological polar surface area (TPSA) is 90.5 Å². The van der Waals surface area contributed by atoms with E-state index in [-0.39, 0.29) is 11.9 Å². The van der Waals surface area contributed by atoms with Crippen LogP contribution in [-0.4, -0.2) is 58.9 Å². The number of hydrogen-bond acceptors (Lipinski definition) is 4. The van der Waals surface area contributed by atoms with Gasteiger partial charge in [-0.05, 0) is 56.6 Å². The summed E-state index contributed by atoms with van der Waals surface area (Å²) in [6.45, 7) is 2.21. The van der Waals surface area contributed by atoms with Gasteiger partial charge in [0.15, 0.2) is 0 Å². The summed E-state index contributed by atoms with van der Waals surface area (Å²) in [6, 6.07) is 12.5. The zero-order valence-electron chi connectivity index (χ0n) is 19.2. The molecule has 1 unspecified atom stereocenters. The highest BCUT2D eigenvalue weighted by Crippen LogP contribution is 2.32. The molecule has 0 spiro atoms. The maximum atomic E-state index is 15.1. The molecule has 2 aromatic carbocycles. The number of aromatic nitrogens is 2. The molecule has 1 saturated heterocycles. The number of H-pyrrole nitrogens is 1. The molecular weight excluding hydrogens is 435 g/mol. The van der Waals surface area contributed by atoms with Crippen molar-refractivity contribution < 1.29 is 19.0 Å². The number of ether oxygens (including phenoxy) is 1. The summed E-state index contributed by atoms with van der Waals surface area (Å²) < 4.78 is 21.6. The van der Waals surface area contributed by atoms with Gasteiger partial charge in [-0.3, -0.25) is 0 Å². The normalized spacial score (nSPS) is 15.6. The van der Waals surface area contributed by atoms with Gasteiger partial charge in [0.2, 0.25) is 0 Å². The number of fused-ring (bicyclic) bond motifs is 1. The number of imidazole rings is 1. The van der Waals surface area contributed by atoms with E-state index in [1.807, 2.05) is 24.3 Å². The molecule has 1 aliphatic heterocycles. The van der Waals surface area contributed by atoms with Crippen molar-refractivity contribution in [3.8, 4) is 11.8 Å². The standard InChI is InChI=1S/C26H29FN4O3/c1-31-15-12-19(13-16-31)34-24(25-29-22-8-4-5-9-23(22)30-25)20-17-18(10-11-21(20)27)7-3-2-6-14-28-26(32)33/h4-5,8-11,17,19,24,28H,2,6,12-16H2,1H3,(H,29,30)(H,32,33). The Hall–Kier alpha value is -3.41. The van der Waals surface area contributed by atoms with Gasteiger partial charge < -0.3 is 25.0 Å². The van der Waals surface area contributed by atoms with E-state index in [0.717, 1.165) is 37.0 Å². The number of nitrogens with zero attached hydrogens (tertiary/aromatic N) is 2. The molecule has 1 atom stereocenters. The Labute approximate surface area is 198 Å². The van der Waals surface area contributed by atoms with Crippen LogP contribution >= 0.6 is 0 Å². The summed E-state index contributed by atoms with van der Waals surface area (Å²) in [5, 5.41) is 10.9. The highest BCUT2D eigenvalue weighted by Gasteiger charge is 2.28. The fourth-order valence-corrected chi connectivity index (χ4v) is 4.05. The number of amides is 1. The van der Waals surface area contributed by atoms with E-state index >= 15 is 4.39 Å². The molecule has 178 valence electrons. The fourth-order valence-electron chi connectivity index (χ4n) is 4.05. The third-order valence-electron chi connectivity index (χ3n) is 5.92. The van der Waals surface area contributed by atoms with Crippen LogP contribution in [0.15, 0.2) is 42.5 Å². The van der Waals surface area contributed by atoms with E-state index in [1.54, 1.807) is 12.1 Å². The Kier molecular flexibility index (Phi) is 7.78. The summed E-state index contributed by atoms with van der Waals surface area (Å²) in [4.78, 5) is 20.8. The van der Waals surface area contributed by atoms with E-state index in [1.165, 1.54) is 6.07 Å². The van der Waals surface area contributed by atoms with Crippen LogP contribution < -0.4 is 5.32 Å². The van der Waals surface area contributed by atoms with Crippen molar-refractivity contribution in [1.29, 1.82) is 0 Å². The van der Waals surface area contributed by atoms with Gasteiger partial charge >= 0.3 is 6.09 Å². The number of carboxylic acid groups (broad SMARTS) is 1. The minimum Gasteiger partial charge on any atom is -0.465 e. The summed E-state index contributed by atoms with van der Waals surface area (Å²) >= 11 is 0. The largest absolute Gasteiger partial charge is 0.465 e. The van der Waals surface area contributed by atoms with Crippen LogP contribution in [0.2, 0.25) is 0 Å². The van der Waals surface area contributed by atoms with Crippen LogP contribution in [0.1, 0.15) is 48.7 Å². The third kappa shape index (κ3) is 6.13. The molecule has 4 rings (SSSR count). The van der Waals surface area contributed by atoms with Crippen molar-refractivity contribution in [3.05, 3.63) is 65.2 Å². The predicted octanol–water partition coefficient (Wildman–Crippen LogP) is 4.30. The second kappa shape index (κ2) is 11.1. The van der Waals surface area contributed by atoms with Crippen molar-refractivity contribution in [2.45, 2.75) is 37.9 Å². The predicted molar refractivity (Wildman–Crippen MR) is 128 cm³/mol. The quantitative estimate of drug-likeness (QED) is 0.358. The number of unbranched alkanes of at least 4 members (excludes halogenated alkanes) is 1. The maximum Gasteiger partial charge on any atom is 0.404 e. The Morgan fingerprint density at radius 1 is 1.32 bits per heavy atom. The molecule has 1 amide bonds. The van der Waals surface area contributed by atoms with Crippen LogP contribution in [0.25, 0.3) is 11.0 Å². The van der Waals surface area contributed by atoms with Crippen LogP contribution in [0.5, 0.6) is 0 Å². The average molecular weight is 465 g/mol. The lowest BCUT2D eigenvalue weighted by Gasteiger charge is -2.31. The van der Waals surface area contributed by atoms with Gasteiger partial charge in [-0.2, -0.15) is 0 Å². The molecule has 8 heteroatoms. The smallest absolute Gasteiger partial charge is 0.404 e. The number of halogens is 1. The number of nitrogens with one attached hydrogen (secondary N) is 2. The van der Waals surface area contributed by atoms with Gasteiger partial charge in [-0.1, -0.05) is 24.0 Å². The molecular formula is C26H29FN4O3. The Bertz CT molecular complexity index is 1160. The lowest BCUT2D eigenvalue weighted by molar-refractivity contribution is -0.0276. The molecule has 3 aromatic rings. The monoisotopic (exact) mass is 464 g/mol. The molecule has 1 aliphatic rings. The maximum absolute atomic E-state index is 15.1. The number of benzene rings is 2. The van der Waals surface area contributed by atoms with Crippen molar-refractivity contribution in [1.82, 2.24) is 20.2 Å². The first kappa shape index (κ1) is 23.7. The number of aromatic amines is 1. The number of hydrogen-bond donors (Lipinski definition) is 3. The number of para-hydroxylation sites is 2. The lowest BCUT2D eigenvalue weighted by atomic mass is 10.0. The molecule has 1 aromatic heterocycles. The van der Waals surface area contributed by atoms with E-state index in [0.29, 0.717) is 36.3 Å². The summed E-state index contributed by atoms with van der Waals surface area (Å²) in [5.41, 5.74) is 2.76. The number of rotatable bonds is 7. The van der Waals surface area contributed by atoms with Gasteiger partial charge in [-0.25, -0.2) is 14.2 Å². The van der Waals surface area contributed by atoms with Crippen LogP contribution in [0.3, 0.4) is 0 Å². The summed E-state index contributed by atoms with van der Waals surface area (Å²) in [7, 11) is 2.09. The molecule has 0 aliphatic carbocycles. The Balaban J connectivity index is 1.58. The fraction of sp³-hybridized carbons (Fsp3) is 0.385. The first-order chi connectivity index (χ1) is 16.5. The van der Waals surface area contributed by atoms with Gasteiger partial charge in [0.1, 0.15) is 17.7 Å². The van der Waals surface area contributed by atoms with Gasteiger partial charge in [0.25, 0.3) is 0 Å². The van der Waals surface area contributed by atoms with Crippen molar-refractivity contribution >= 4 is 17.1 Å². The minimum absolute atomic E-state index is 0.00490. The molecule has 0 radical (unpaired) electrons. The minimum atomic E-state index is -1.04. The van der Waals surface area contributed by atoms with Crippen LogP contribution in [-0.2, 0) is 4.74 Å². The van der Waals surface area contributed by atoms with Crippen molar-refractivity contribution in [2.75, 3.05) is 26.7 Å². The lowest BCUT2D eigenvalue weighted by Crippen LogP contribution is -2.35. The van der Waals surface area contributed by atoms with E-state index in [9.17, 15) is 4.79 Å². The molecule has 1 fully saturated rings. The molecule has 7 nitrogen and oxygen atoms in total. The van der Waals surface area contributed by atoms with E-state index in [2.05, 4.69) is 34.1 Å². The third-order valence-corrected chi connectivity index (χ3v) is 5.92. The molecule has 34 heavy (non-hydrogen) atoms. The zero-order valence-corrected chi connectivity index (χ0v) is 19.2. The average Bonchev–Trinajstić information content (AvgIpc) is 3.26. The molecule has 2 heterocycles. The Morgan fingerprint density at radius 2 is 2.12 bits per heavy atom. The Morgan fingerprint density at radius 3 is 2.88 bits per heavy atom. The number of likely N-dealkylation sites (tertiary alicyclic amines) is 1. The van der Waals surface area contributed by atoms with Gasteiger partial charge in [-0.15, -0.1) is 0 Å². The van der Waals surface area contributed by atoms with E-state index < -0.39 is 12.2 Å². The van der Waals surface area contributed by atoms with Crippen molar-refractivity contribution in [2.24, 2.45) is 0 Å². The molecule has 3 N–H and O–H groups in total. The first-order valence-electron chi connectivity index (χ1n) is 11.5. The zero-order chi connectivity index (χ0) is 23.9. The van der Waals surface area contributed by atoms with Crippen LogP contribution in [0.4, 0.5) is 9.18 Å². The summed E-state index contributed by atoms with van der Waals surface area (Å²) in [6.07, 6.45) is 1.17. The molecule has 0 saturated carbocycles. The van der Waals surface area contributed by atoms with Gasteiger partial charge in [0.05, 0.1) is 17.1 Å². The van der Waals surface area contributed by atoms with Crippen LogP contribution in [0, 0.1) is 17.7 Å². The highest BCUT2D eigenvalue weighted by molar-refractivity contribution is 5.75. The summed E-state index contributed by atoms with van der Waals surface area (Å²) in [5.74, 6) is 6.30. The SMILES string of the molecule is CN1CCC(OC(c2nc3ccccc3[nH]2)c2cc(C#CCCCNC(=O)O)ccc2F)CC1. The highest BCUT2D eigenvalue weighted by atomic mass is 19.1. The van der Waals surface area contributed by atoms with Crippen molar-refractivity contribution in [3.63, 3.8) is 0 Å².